The van der Waals surface area contributed by atoms with Crippen LogP contribution in [0.4, 0.5) is 13.2 Å². The summed E-state index contributed by atoms with van der Waals surface area (Å²) in [4.78, 5) is 15.2. The normalized spacial score (nSPS) is 15.9. The molecule has 0 atom stereocenters. The van der Waals surface area contributed by atoms with Gasteiger partial charge in [-0.2, -0.15) is 13.2 Å². The first-order valence-electron chi connectivity index (χ1n) is 12.2. The number of nitrogens with zero attached hydrogens (tertiary/aromatic N) is 1. The van der Waals surface area contributed by atoms with Crippen LogP contribution in [-0.4, -0.2) is 44.1 Å². The van der Waals surface area contributed by atoms with Crippen molar-refractivity contribution >= 4 is 5.91 Å². The fraction of sp³-hybridized carbons (Fsp3) is 0.345. The maximum Gasteiger partial charge on any atom is 0.416 e. The molecule has 0 spiro atoms. The smallest absolute Gasteiger partial charge is 0.416 e. The van der Waals surface area contributed by atoms with Crippen LogP contribution in [0.3, 0.4) is 0 Å². The van der Waals surface area contributed by atoms with Crippen LogP contribution in [0.25, 0.3) is 0 Å². The van der Waals surface area contributed by atoms with Crippen molar-refractivity contribution in [3.63, 3.8) is 0 Å². The standard InChI is InChI=1S/C29H31F3N2O2/c1-36-26-14-8-6-12-24(26)27(35)33-21-28(23-10-3-2-4-11-23)16-19-34(20-17-28)18-15-22-9-5-7-13-25(22)29(30,31)32/h2-14H,15-21H2,1H3,(H,33,35). The number of benzene rings is 3. The molecule has 1 amide bonds. The Morgan fingerprint density at radius 2 is 1.58 bits per heavy atom. The lowest BCUT2D eigenvalue weighted by atomic mass is 9.72. The first-order valence-corrected chi connectivity index (χ1v) is 12.2. The summed E-state index contributed by atoms with van der Waals surface area (Å²) in [5.41, 5.74) is 1.17. The largest absolute Gasteiger partial charge is 0.496 e. The average molecular weight is 497 g/mol. The number of carbonyl (C=O) groups is 1. The van der Waals surface area contributed by atoms with E-state index in [1.807, 2.05) is 24.3 Å². The quantitative estimate of drug-likeness (QED) is 0.434. The fourth-order valence-electron chi connectivity index (χ4n) is 5.03. The van der Waals surface area contributed by atoms with E-state index in [4.69, 9.17) is 4.74 Å². The Bertz CT molecular complexity index is 1160. The number of piperidine rings is 1. The molecule has 1 heterocycles. The molecular formula is C29H31F3N2O2. The van der Waals surface area contributed by atoms with Crippen LogP contribution in [-0.2, 0) is 18.0 Å². The minimum Gasteiger partial charge on any atom is -0.496 e. The number of methoxy groups -OCH3 is 1. The van der Waals surface area contributed by atoms with Gasteiger partial charge >= 0.3 is 6.18 Å². The Balaban J connectivity index is 1.43. The number of alkyl halides is 3. The van der Waals surface area contributed by atoms with Gasteiger partial charge in [-0.15, -0.1) is 0 Å². The molecule has 190 valence electrons. The summed E-state index contributed by atoms with van der Waals surface area (Å²) in [7, 11) is 1.54. The monoisotopic (exact) mass is 496 g/mol. The third-order valence-electron chi connectivity index (χ3n) is 7.16. The molecule has 1 aliphatic heterocycles. The molecule has 7 heteroatoms. The van der Waals surface area contributed by atoms with E-state index in [2.05, 4.69) is 22.3 Å². The van der Waals surface area contributed by atoms with Crippen molar-refractivity contribution in [3.8, 4) is 5.75 Å². The van der Waals surface area contributed by atoms with Gasteiger partial charge in [-0.3, -0.25) is 4.79 Å². The van der Waals surface area contributed by atoms with Crippen molar-refractivity contribution in [2.24, 2.45) is 0 Å². The topological polar surface area (TPSA) is 41.6 Å². The van der Waals surface area contributed by atoms with E-state index in [1.165, 1.54) is 6.07 Å². The lowest BCUT2D eigenvalue weighted by Crippen LogP contribution is -2.49. The second-order valence-electron chi connectivity index (χ2n) is 9.28. The molecule has 0 aliphatic carbocycles. The minimum absolute atomic E-state index is 0.186. The SMILES string of the molecule is COc1ccccc1C(=O)NCC1(c2ccccc2)CCN(CCc2ccccc2C(F)(F)F)CC1. The molecule has 1 fully saturated rings. The van der Waals surface area contributed by atoms with Crippen LogP contribution >= 0.6 is 0 Å². The molecule has 4 rings (SSSR count). The third-order valence-corrected chi connectivity index (χ3v) is 7.16. The Labute approximate surface area is 210 Å². The van der Waals surface area contributed by atoms with Crippen LogP contribution < -0.4 is 10.1 Å². The number of hydrogen-bond donors (Lipinski definition) is 1. The third kappa shape index (κ3) is 5.90. The number of amides is 1. The Hall–Kier alpha value is -3.32. The molecule has 0 radical (unpaired) electrons. The lowest BCUT2D eigenvalue weighted by molar-refractivity contribution is -0.138. The zero-order valence-corrected chi connectivity index (χ0v) is 20.4. The predicted octanol–water partition coefficient (Wildman–Crippen LogP) is 5.72. The van der Waals surface area contributed by atoms with E-state index in [1.54, 1.807) is 37.4 Å². The summed E-state index contributed by atoms with van der Waals surface area (Å²) in [6.45, 7) is 2.52. The van der Waals surface area contributed by atoms with Gasteiger partial charge < -0.3 is 15.0 Å². The van der Waals surface area contributed by atoms with Gasteiger partial charge in [0, 0.05) is 18.5 Å². The maximum absolute atomic E-state index is 13.4. The zero-order valence-electron chi connectivity index (χ0n) is 20.4. The maximum atomic E-state index is 13.4. The molecule has 4 nitrogen and oxygen atoms in total. The lowest BCUT2D eigenvalue weighted by Gasteiger charge is -2.42. The van der Waals surface area contributed by atoms with Gasteiger partial charge in [0.1, 0.15) is 5.75 Å². The van der Waals surface area contributed by atoms with Crippen molar-refractivity contribution in [2.45, 2.75) is 30.9 Å². The van der Waals surface area contributed by atoms with Crippen LogP contribution in [0.2, 0.25) is 0 Å². The number of para-hydroxylation sites is 1. The van der Waals surface area contributed by atoms with Crippen molar-refractivity contribution in [1.29, 1.82) is 0 Å². The van der Waals surface area contributed by atoms with E-state index in [0.29, 0.717) is 36.4 Å². The van der Waals surface area contributed by atoms with Crippen LogP contribution in [0.5, 0.6) is 5.75 Å². The summed E-state index contributed by atoms with van der Waals surface area (Å²) < 4.78 is 45.4. The number of rotatable bonds is 8. The molecule has 0 aromatic heterocycles. The number of nitrogens with one attached hydrogen (secondary N) is 1. The highest BCUT2D eigenvalue weighted by Crippen LogP contribution is 2.36. The molecule has 1 saturated heterocycles. The molecule has 3 aromatic rings. The minimum atomic E-state index is -4.35. The molecule has 1 N–H and O–H groups in total. The first-order chi connectivity index (χ1) is 17.3. The van der Waals surface area contributed by atoms with Crippen molar-refractivity contribution in [1.82, 2.24) is 10.2 Å². The van der Waals surface area contributed by atoms with Crippen molar-refractivity contribution < 1.29 is 22.7 Å². The van der Waals surface area contributed by atoms with Gasteiger partial charge in [-0.05, 0) is 61.7 Å². The van der Waals surface area contributed by atoms with E-state index in [-0.39, 0.29) is 11.3 Å². The fourth-order valence-corrected chi connectivity index (χ4v) is 5.03. The summed E-state index contributed by atoms with van der Waals surface area (Å²) in [5, 5.41) is 3.12. The zero-order chi connectivity index (χ0) is 25.6. The van der Waals surface area contributed by atoms with E-state index < -0.39 is 11.7 Å². The second kappa shape index (κ2) is 11.2. The second-order valence-corrected chi connectivity index (χ2v) is 9.28. The Morgan fingerprint density at radius 3 is 2.28 bits per heavy atom. The van der Waals surface area contributed by atoms with Gasteiger partial charge in [0.25, 0.3) is 5.91 Å². The number of ether oxygens (including phenoxy) is 1. The van der Waals surface area contributed by atoms with Crippen molar-refractivity contribution in [2.75, 3.05) is 33.3 Å². The van der Waals surface area contributed by atoms with E-state index in [0.717, 1.165) is 37.6 Å². The van der Waals surface area contributed by atoms with Crippen LogP contribution in [0.1, 0.15) is 39.9 Å². The van der Waals surface area contributed by atoms with Crippen LogP contribution in [0.15, 0.2) is 78.9 Å². The number of likely N-dealkylation sites (tertiary alicyclic amines) is 1. The van der Waals surface area contributed by atoms with Crippen molar-refractivity contribution in [3.05, 3.63) is 101 Å². The van der Waals surface area contributed by atoms with Gasteiger partial charge in [-0.1, -0.05) is 60.7 Å². The molecule has 0 saturated carbocycles. The summed E-state index contributed by atoms with van der Waals surface area (Å²) in [5.74, 6) is 0.340. The first kappa shape index (κ1) is 25.8. The Kier molecular flexibility index (Phi) is 7.99. The van der Waals surface area contributed by atoms with Gasteiger partial charge in [0.05, 0.1) is 18.2 Å². The van der Waals surface area contributed by atoms with Gasteiger partial charge in [-0.25, -0.2) is 0 Å². The highest BCUT2D eigenvalue weighted by Gasteiger charge is 2.37. The number of hydrogen-bond acceptors (Lipinski definition) is 3. The molecule has 36 heavy (non-hydrogen) atoms. The van der Waals surface area contributed by atoms with E-state index in [9.17, 15) is 18.0 Å². The highest BCUT2D eigenvalue weighted by atomic mass is 19.4. The molecule has 3 aromatic carbocycles. The van der Waals surface area contributed by atoms with Crippen LogP contribution in [0, 0.1) is 0 Å². The molecule has 0 bridgehead atoms. The average Bonchev–Trinajstić information content (AvgIpc) is 2.91. The molecule has 1 aliphatic rings. The summed E-state index contributed by atoms with van der Waals surface area (Å²) >= 11 is 0. The number of carbonyl (C=O) groups excluding carboxylic acids is 1. The van der Waals surface area contributed by atoms with Gasteiger partial charge in [0.15, 0.2) is 0 Å². The van der Waals surface area contributed by atoms with E-state index >= 15 is 0 Å². The predicted molar refractivity (Wildman–Crippen MR) is 134 cm³/mol. The highest BCUT2D eigenvalue weighted by molar-refractivity contribution is 5.96. The molecular weight excluding hydrogens is 465 g/mol. The summed E-state index contributed by atoms with van der Waals surface area (Å²) in [6, 6.07) is 23.1. The number of halogens is 3. The molecule has 0 unspecified atom stereocenters. The summed E-state index contributed by atoms with van der Waals surface area (Å²) in [6.07, 6.45) is -2.41. The van der Waals surface area contributed by atoms with Gasteiger partial charge in [0.2, 0.25) is 0 Å². The Morgan fingerprint density at radius 1 is 0.944 bits per heavy atom.